The Labute approximate surface area is 198 Å². The van der Waals surface area contributed by atoms with Gasteiger partial charge in [-0.25, -0.2) is 18.7 Å². The predicted octanol–water partition coefficient (Wildman–Crippen LogP) is 3.45. The number of nitrogens with one attached hydrogen (secondary N) is 3. The largest absolute Gasteiger partial charge is 0.419 e. The van der Waals surface area contributed by atoms with Gasteiger partial charge < -0.3 is 15.5 Å². The number of nitrogens with zero attached hydrogens (tertiary/aromatic N) is 4. The van der Waals surface area contributed by atoms with Crippen LogP contribution in [0.5, 0.6) is 0 Å². The molecule has 3 N–H and O–H groups in total. The Hall–Kier alpha value is -3.64. The third-order valence-electron chi connectivity index (χ3n) is 5.50. The van der Waals surface area contributed by atoms with Crippen LogP contribution in [0.25, 0.3) is 5.57 Å². The van der Waals surface area contributed by atoms with Crippen LogP contribution in [0.3, 0.4) is 0 Å². The van der Waals surface area contributed by atoms with Crippen molar-refractivity contribution in [2.24, 2.45) is 5.92 Å². The fourth-order valence-electron chi connectivity index (χ4n) is 3.84. The highest BCUT2D eigenvalue weighted by Gasteiger charge is 2.47. The van der Waals surface area contributed by atoms with Crippen molar-refractivity contribution >= 4 is 23.1 Å². The number of anilines is 1. The van der Waals surface area contributed by atoms with Crippen molar-refractivity contribution in [3.8, 4) is 0 Å². The van der Waals surface area contributed by atoms with Gasteiger partial charge in [0.1, 0.15) is 5.71 Å². The third kappa shape index (κ3) is 6.28. The Morgan fingerprint density at radius 1 is 1.26 bits per heavy atom. The molecule has 35 heavy (non-hydrogen) atoms. The van der Waals surface area contributed by atoms with Crippen molar-refractivity contribution in [3.05, 3.63) is 54.2 Å². The zero-order chi connectivity index (χ0) is 25.8. The van der Waals surface area contributed by atoms with Gasteiger partial charge >= 0.3 is 6.18 Å². The molecule has 0 bridgehead atoms. The van der Waals surface area contributed by atoms with Gasteiger partial charge in [-0.2, -0.15) is 13.2 Å². The first kappa shape index (κ1) is 26.0. The molecule has 8 nitrogen and oxygen atoms in total. The summed E-state index contributed by atoms with van der Waals surface area (Å²) in [7, 11) is 1.56. The number of piperidine rings is 1. The molecule has 2 aromatic rings. The first-order valence-corrected chi connectivity index (χ1v) is 10.6. The molecule has 0 saturated carbocycles. The topological polar surface area (TPSA) is 107 Å². The minimum Gasteiger partial charge on any atom is -0.393 e. The fraction of sp³-hybridized carbons (Fsp3) is 0.409. The highest BCUT2D eigenvalue weighted by Crippen LogP contribution is 2.35. The molecule has 13 heteroatoms. The molecule has 0 aliphatic carbocycles. The second kappa shape index (κ2) is 10.3. The smallest absolute Gasteiger partial charge is 0.393 e. The van der Waals surface area contributed by atoms with Crippen molar-refractivity contribution in [1.29, 1.82) is 5.41 Å². The Balaban J connectivity index is 1.83. The van der Waals surface area contributed by atoms with E-state index in [1.54, 1.807) is 32.2 Å². The SMILES string of the molecule is CN/C=C(\C(=N)C(=O)N1CC(F)(F)C[C@@H](C)C1CNc1ncc(C(F)(F)F)cn1)c1ccccn1. The molecule has 3 rings (SSSR count). The zero-order valence-corrected chi connectivity index (χ0v) is 18.9. The fourth-order valence-corrected chi connectivity index (χ4v) is 3.84. The van der Waals surface area contributed by atoms with Crippen LogP contribution in [0.2, 0.25) is 0 Å². The van der Waals surface area contributed by atoms with Gasteiger partial charge in [-0.1, -0.05) is 13.0 Å². The van der Waals surface area contributed by atoms with Gasteiger partial charge in [-0.05, 0) is 18.1 Å². The summed E-state index contributed by atoms with van der Waals surface area (Å²) in [6.07, 6.45) is -1.02. The maximum atomic E-state index is 14.4. The Morgan fingerprint density at radius 2 is 1.94 bits per heavy atom. The minimum absolute atomic E-state index is 0.101. The predicted molar refractivity (Wildman–Crippen MR) is 119 cm³/mol. The molecule has 1 unspecified atom stereocenters. The van der Waals surface area contributed by atoms with E-state index in [-0.39, 0.29) is 18.1 Å². The number of pyridine rings is 1. The summed E-state index contributed by atoms with van der Waals surface area (Å²) in [6.45, 7) is 0.532. The lowest BCUT2D eigenvalue weighted by Gasteiger charge is -2.43. The number of carbonyl (C=O) groups excluding carboxylic acids is 1. The number of rotatable bonds is 7. The summed E-state index contributed by atoms with van der Waals surface area (Å²) in [5.41, 5.74) is -1.13. The number of hydrogen-bond donors (Lipinski definition) is 3. The number of aromatic nitrogens is 3. The number of halogens is 5. The molecule has 1 fully saturated rings. The summed E-state index contributed by atoms with van der Waals surface area (Å²) < 4.78 is 67.1. The van der Waals surface area contributed by atoms with Crippen molar-refractivity contribution < 1.29 is 26.7 Å². The molecule has 0 aromatic carbocycles. The van der Waals surface area contributed by atoms with Gasteiger partial charge in [0.2, 0.25) is 5.95 Å². The first-order valence-electron chi connectivity index (χ1n) is 10.6. The Morgan fingerprint density at radius 3 is 2.51 bits per heavy atom. The van der Waals surface area contributed by atoms with Crippen molar-refractivity contribution in [2.75, 3.05) is 25.5 Å². The van der Waals surface area contributed by atoms with Crippen LogP contribution in [0.1, 0.15) is 24.6 Å². The average molecular weight is 497 g/mol. The molecule has 1 saturated heterocycles. The molecule has 1 aliphatic heterocycles. The first-order chi connectivity index (χ1) is 16.4. The number of alkyl halides is 5. The van der Waals surface area contributed by atoms with E-state index in [9.17, 15) is 26.7 Å². The van der Waals surface area contributed by atoms with E-state index < -0.39 is 54.2 Å². The van der Waals surface area contributed by atoms with Gasteiger partial charge in [-0.3, -0.25) is 15.2 Å². The molecule has 0 spiro atoms. The van der Waals surface area contributed by atoms with Crippen LogP contribution in [-0.2, 0) is 11.0 Å². The second-order valence-corrected chi connectivity index (χ2v) is 8.15. The van der Waals surface area contributed by atoms with Gasteiger partial charge in [-0.15, -0.1) is 0 Å². The van der Waals surface area contributed by atoms with Crippen LogP contribution in [0.4, 0.5) is 27.9 Å². The number of hydrogen-bond acceptors (Lipinski definition) is 7. The molecule has 1 aliphatic rings. The van der Waals surface area contributed by atoms with Crippen LogP contribution < -0.4 is 10.6 Å². The van der Waals surface area contributed by atoms with Crippen molar-refractivity contribution in [2.45, 2.75) is 31.5 Å². The summed E-state index contributed by atoms with van der Waals surface area (Å²) in [4.78, 5) is 25.6. The standard InChI is InChI=1S/C22H24F5N7O/c1-13-7-21(23,24)12-34(17(13)11-33-20-31-8-14(9-32-20)22(25,26)27)19(35)18(28)15(10-29-2)16-5-3-4-6-30-16/h3-6,8-10,13,17,28-29H,7,11-12H2,1-2H3,(H,31,32,33)/b15-10-,28-18?/t13-,17?/m1/s1. The van der Waals surface area contributed by atoms with E-state index >= 15 is 0 Å². The van der Waals surface area contributed by atoms with Crippen molar-refractivity contribution in [3.63, 3.8) is 0 Å². The monoisotopic (exact) mass is 497 g/mol. The molecular formula is C22H24F5N7O. The molecule has 2 atom stereocenters. The lowest BCUT2D eigenvalue weighted by Crippen LogP contribution is -2.59. The Bertz CT molecular complexity index is 1070. The van der Waals surface area contributed by atoms with Crippen LogP contribution >= 0.6 is 0 Å². The lowest BCUT2D eigenvalue weighted by molar-refractivity contribution is -0.145. The average Bonchev–Trinajstić information content (AvgIpc) is 2.80. The Kier molecular flexibility index (Phi) is 7.66. The van der Waals surface area contributed by atoms with Crippen molar-refractivity contribution in [1.82, 2.24) is 25.2 Å². The van der Waals surface area contributed by atoms with Gasteiger partial charge in [0.25, 0.3) is 11.8 Å². The summed E-state index contributed by atoms with van der Waals surface area (Å²) in [5.74, 6) is -4.93. The maximum absolute atomic E-state index is 14.4. The highest BCUT2D eigenvalue weighted by atomic mass is 19.4. The number of likely N-dealkylation sites (tertiary alicyclic amines) is 1. The van der Waals surface area contributed by atoms with E-state index in [4.69, 9.17) is 5.41 Å². The lowest BCUT2D eigenvalue weighted by atomic mass is 9.87. The maximum Gasteiger partial charge on any atom is 0.419 e. The molecule has 2 aromatic heterocycles. The van der Waals surface area contributed by atoms with Gasteiger partial charge in [0.15, 0.2) is 0 Å². The summed E-state index contributed by atoms with van der Waals surface area (Å²) in [5, 5.41) is 13.9. The quantitative estimate of drug-likeness (QED) is 0.400. The van der Waals surface area contributed by atoms with E-state index in [0.717, 1.165) is 4.90 Å². The van der Waals surface area contributed by atoms with Gasteiger partial charge in [0, 0.05) is 50.4 Å². The normalized spacial score (nSPS) is 20.3. The van der Waals surface area contributed by atoms with Crippen LogP contribution in [0, 0.1) is 11.3 Å². The molecule has 0 radical (unpaired) electrons. The third-order valence-corrected chi connectivity index (χ3v) is 5.50. The van der Waals surface area contributed by atoms with E-state index in [1.807, 2.05) is 0 Å². The number of carbonyl (C=O) groups is 1. The number of amides is 1. The second-order valence-electron chi connectivity index (χ2n) is 8.15. The zero-order valence-electron chi connectivity index (χ0n) is 18.9. The van der Waals surface area contributed by atoms with Crippen LogP contribution in [-0.4, -0.2) is 63.6 Å². The summed E-state index contributed by atoms with van der Waals surface area (Å²) in [6, 6.07) is 4.11. The van der Waals surface area contributed by atoms with E-state index in [2.05, 4.69) is 25.6 Å². The molecule has 3 heterocycles. The van der Waals surface area contributed by atoms with Gasteiger partial charge in [0.05, 0.1) is 23.8 Å². The van der Waals surface area contributed by atoms with Crippen LogP contribution in [0.15, 0.2) is 43.0 Å². The van der Waals surface area contributed by atoms with E-state index in [1.165, 1.54) is 12.4 Å². The highest BCUT2D eigenvalue weighted by molar-refractivity contribution is 6.54. The molecular weight excluding hydrogens is 473 g/mol. The molecule has 188 valence electrons. The minimum atomic E-state index is -4.60. The van der Waals surface area contributed by atoms with E-state index in [0.29, 0.717) is 18.1 Å². The molecule has 1 amide bonds. The summed E-state index contributed by atoms with van der Waals surface area (Å²) >= 11 is 0.